The molecule has 0 heterocycles. The molecular formula is C12H20O4. The maximum Gasteiger partial charge on any atom is 0.310 e. The van der Waals surface area contributed by atoms with Crippen LogP contribution in [0.3, 0.4) is 0 Å². The monoisotopic (exact) mass is 228 g/mol. The van der Waals surface area contributed by atoms with Crippen molar-refractivity contribution < 1.29 is 20.1 Å². The molecule has 0 aromatic heterocycles. The van der Waals surface area contributed by atoms with Gasteiger partial charge < -0.3 is 15.3 Å². The van der Waals surface area contributed by atoms with E-state index in [0.717, 1.165) is 5.57 Å². The third-order valence-corrected chi connectivity index (χ3v) is 2.17. The van der Waals surface area contributed by atoms with Crippen LogP contribution >= 0.6 is 0 Å². The Hall–Kier alpha value is -1.13. The van der Waals surface area contributed by atoms with Gasteiger partial charge in [-0.25, -0.2) is 0 Å². The number of carbonyl (C=O) groups is 1. The molecule has 0 fully saturated rings. The lowest BCUT2D eigenvalue weighted by Crippen LogP contribution is -2.12. The van der Waals surface area contributed by atoms with E-state index in [0.29, 0.717) is 18.4 Å². The molecule has 0 aliphatic heterocycles. The number of rotatable bonds is 7. The van der Waals surface area contributed by atoms with E-state index in [1.54, 1.807) is 0 Å². The van der Waals surface area contributed by atoms with Crippen LogP contribution in [0.5, 0.6) is 0 Å². The van der Waals surface area contributed by atoms with Crippen molar-refractivity contribution in [1.82, 2.24) is 0 Å². The summed E-state index contributed by atoms with van der Waals surface area (Å²) in [6, 6.07) is 0. The van der Waals surface area contributed by atoms with Crippen molar-refractivity contribution in [3.63, 3.8) is 0 Å². The summed E-state index contributed by atoms with van der Waals surface area (Å²) in [5.74, 6) is -1.55. The number of aliphatic carboxylic acids is 1. The van der Waals surface area contributed by atoms with Gasteiger partial charge in [-0.3, -0.25) is 4.79 Å². The van der Waals surface area contributed by atoms with Crippen LogP contribution in [0.25, 0.3) is 0 Å². The minimum Gasteiger partial charge on any atom is -0.481 e. The van der Waals surface area contributed by atoms with Crippen molar-refractivity contribution in [1.29, 1.82) is 0 Å². The van der Waals surface area contributed by atoms with Crippen molar-refractivity contribution >= 4 is 5.97 Å². The van der Waals surface area contributed by atoms with Crippen molar-refractivity contribution in [2.24, 2.45) is 5.92 Å². The van der Waals surface area contributed by atoms with E-state index in [-0.39, 0.29) is 13.2 Å². The number of allylic oxidation sites excluding steroid dienone is 2. The van der Waals surface area contributed by atoms with E-state index in [1.165, 1.54) is 6.08 Å². The van der Waals surface area contributed by atoms with Gasteiger partial charge in [-0.05, 0) is 32.3 Å². The Bertz CT molecular complexity index is 275. The van der Waals surface area contributed by atoms with E-state index in [1.807, 2.05) is 19.9 Å². The van der Waals surface area contributed by atoms with Crippen molar-refractivity contribution in [2.45, 2.75) is 26.7 Å². The summed E-state index contributed by atoms with van der Waals surface area (Å²) in [5.41, 5.74) is 1.63. The Morgan fingerprint density at radius 3 is 2.31 bits per heavy atom. The molecule has 0 bridgehead atoms. The maximum absolute atomic E-state index is 10.9. The highest BCUT2D eigenvalue weighted by atomic mass is 16.4. The quantitative estimate of drug-likeness (QED) is 0.575. The summed E-state index contributed by atoms with van der Waals surface area (Å²) in [6.45, 7) is 3.52. The van der Waals surface area contributed by atoms with Gasteiger partial charge in [-0.2, -0.15) is 0 Å². The first kappa shape index (κ1) is 14.9. The van der Waals surface area contributed by atoms with Crippen LogP contribution in [-0.4, -0.2) is 34.5 Å². The van der Waals surface area contributed by atoms with E-state index in [2.05, 4.69) is 0 Å². The number of aliphatic hydroxyl groups is 2. The first-order chi connectivity index (χ1) is 7.51. The summed E-state index contributed by atoms with van der Waals surface area (Å²) in [7, 11) is 0. The van der Waals surface area contributed by atoms with E-state index in [9.17, 15) is 4.79 Å². The summed E-state index contributed by atoms with van der Waals surface area (Å²) >= 11 is 0. The number of hydrogen-bond acceptors (Lipinski definition) is 3. The average molecular weight is 228 g/mol. The number of aliphatic hydroxyl groups excluding tert-OH is 2. The van der Waals surface area contributed by atoms with Gasteiger partial charge in [0.05, 0.1) is 12.5 Å². The van der Waals surface area contributed by atoms with Crippen molar-refractivity contribution in [3.8, 4) is 0 Å². The minimum absolute atomic E-state index is 0.0820. The smallest absolute Gasteiger partial charge is 0.310 e. The fourth-order valence-electron chi connectivity index (χ4n) is 1.25. The van der Waals surface area contributed by atoms with Crippen LogP contribution in [0.15, 0.2) is 23.3 Å². The maximum atomic E-state index is 10.9. The first-order valence-electron chi connectivity index (χ1n) is 5.28. The number of carboxylic acids is 1. The van der Waals surface area contributed by atoms with Gasteiger partial charge in [0.1, 0.15) is 0 Å². The summed E-state index contributed by atoms with van der Waals surface area (Å²) in [4.78, 5) is 10.9. The fourth-order valence-corrected chi connectivity index (χ4v) is 1.25. The molecule has 0 aromatic carbocycles. The zero-order valence-corrected chi connectivity index (χ0v) is 9.81. The van der Waals surface area contributed by atoms with Crippen LogP contribution < -0.4 is 0 Å². The van der Waals surface area contributed by atoms with Crippen LogP contribution in [0, 0.1) is 5.92 Å². The van der Waals surface area contributed by atoms with E-state index >= 15 is 0 Å². The molecule has 1 atom stereocenters. The van der Waals surface area contributed by atoms with Crippen LogP contribution in [0.2, 0.25) is 0 Å². The topological polar surface area (TPSA) is 77.8 Å². The standard InChI is InChI=1S/C12H20O4/c1-9(2)3-4-11(12(15)16)7-10(8-14)5-6-13/h3,7,11,13-14H,4-6,8H2,1-2H3,(H,15,16)/b10-7-/t11-/m0/s1. The van der Waals surface area contributed by atoms with Crippen LogP contribution in [0.4, 0.5) is 0 Å². The van der Waals surface area contributed by atoms with Gasteiger partial charge in [0.25, 0.3) is 0 Å². The molecule has 0 aliphatic carbocycles. The van der Waals surface area contributed by atoms with Gasteiger partial charge in [-0.15, -0.1) is 0 Å². The average Bonchev–Trinajstić information content (AvgIpc) is 2.21. The molecule has 0 aliphatic rings. The predicted molar refractivity (Wildman–Crippen MR) is 62.0 cm³/mol. The van der Waals surface area contributed by atoms with E-state index < -0.39 is 11.9 Å². The highest BCUT2D eigenvalue weighted by Gasteiger charge is 2.13. The molecule has 0 aromatic rings. The Labute approximate surface area is 95.9 Å². The fraction of sp³-hybridized carbons (Fsp3) is 0.583. The molecule has 4 heteroatoms. The minimum atomic E-state index is -0.915. The normalized spacial score (nSPS) is 13.4. The third kappa shape index (κ3) is 6.37. The SMILES string of the molecule is CC(C)=CC[C@@H](/C=C(\CO)CCO)C(=O)O. The number of carboxylic acid groups (broad SMARTS) is 1. The second-order valence-corrected chi connectivity index (χ2v) is 3.92. The number of hydrogen-bond donors (Lipinski definition) is 3. The highest BCUT2D eigenvalue weighted by molar-refractivity contribution is 5.72. The Kier molecular flexibility index (Phi) is 7.50. The molecule has 92 valence electrons. The van der Waals surface area contributed by atoms with Crippen LogP contribution in [0.1, 0.15) is 26.7 Å². The highest BCUT2D eigenvalue weighted by Crippen LogP contribution is 2.13. The van der Waals surface area contributed by atoms with Crippen LogP contribution in [-0.2, 0) is 4.79 Å². The predicted octanol–water partition coefficient (Wildman–Crippen LogP) is 1.34. The molecule has 0 unspecified atom stereocenters. The Morgan fingerprint density at radius 1 is 1.31 bits per heavy atom. The molecular weight excluding hydrogens is 208 g/mol. The molecule has 0 saturated heterocycles. The molecule has 0 radical (unpaired) electrons. The Morgan fingerprint density at radius 2 is 1.94 bits per heavy atom. The molecule has 0 rings (SSSR count). The molecule has 3 N–H and O–H groups in total. The molecule has 0 spiro atoms. The largest absolute Gasteiger partial charge is 0.481 e. The van der Waals surface area contributed by atoms with Crippen molar-refractivity contribution in [3.05, 3.63) is 23.3 Å². The zero-order chi connectivity index (χ0) is 12.6. The summed E-state index contributed by atoms with van der Waals surface area (Å²) in [6.07, 6.45) is 4.10. The molecule has 4 nitrogen and oxygen atoms in total. The second-order valence-electron chi connectivity index (χ2n) is 3.92. The van der Waals surface area contributed by atoms with Crippen molar-refractivity contribution in [2.75, 3.05) is 13.2 Å². The second kappa shape index (κ2) is 8.07. The van der Waals surface area contributed by atoms with Gasteiger partial charge in [0, 0.05) is 6.61 Å². The molecule has 16 heavy (non-hydrogen) atoms. The molecule has 0 saturated carbocycles. The van der Waals surface area contributed by atoms with Gasteiger partial charge in [-0.1, -0.05) is 17.7 Å². The lowest BCUT2D eigenvalue weighted by Gasteiger charge is -2.08. The van der Waals surface area contributed by atoms with Gasteiger partial charge in [0.2, 0.25) is 0 Å². The first-order valence-corrected chi connectivity index (χ1v) is 5.28. The van der Waals surface area contributed by atoms with Gasteiger partial charge >= 0.3 is 5.97 Å². The lowest BCUT2D eigenvalue weighted by atomic mass is 9.99. The summed E-state index contributed by atoms with van der Waals surface area (Å²) < 4.78 is 0. The third-order valence-electron chi connectivity index (χ3n) is 2.17. The summed E-state index contributed by atoms with van der Waals surface area (Å²) in [5, 5.41) is 26.7. The Balaban J connectivity index is 4.64. The molecule has 0 amide bonds. The lowest BCUT2D eigenvalue weighted by molar-refractivity contribution is -0.139. The zero-order valence-electron chi connectivity index (χ0n) is 9.81. The van der Waals surface area contributed by atoms with E-state index in [4.69, 9.17) is 15.3 Å². The van der Waals surface area contributed by atoms with Gasteiger partial charge in [0.15, 0.2) is 0 Å².